The summed E-state index contributed by atoms with van der Waals surface area (Å²) < 4.78 is 0. The Bertz CT molecular complexity index is 485. The Morgan fingerprint density at radius 1 is 1.33 bits per heavy atom. The summed E-state index contributed by atoms with van der Waals surface area (Å²) in [5.41, 5.74) is 6.64. The van der Waals surface area contributed by atoms with Gasteiger partial charge in [-0.05, 0) is 38.9 Å². The summed E-state index contributed by atoms with van der Waals surface area (Å²) in [6, 6.07) is 3.19. The summed E-state index contributed by atoms with van der Waals surface area (Å²) in [6.45, 7) is 8.93. The zero-order valence-electron chi connectivity index (χ0n) is 12.9. The number of nitrogens with one attached hydrogen (secondary N) is 1. The normalized spacial score (nSPS) is 14.0. The molecule has 118 valence electrons. The predicted molar refractivity (Wildman–Crippen MR) is 91.1 cm³/mol. The van der Waals surface area contributed by atoms with E-state index in [0.717, 1.165) is 13.0 Å². The second-order valence-corrected chi connectivity index (χ2v) is 5.95. The van der Waals surface area contributed by atoms with Gasteiger partial charge in [0.15, 0.2) is 0 Å². The average Bonchev–Trinajstić information content (AvgIpc) is 2.42. The first-order valence-corrected chi connectivity index (χ1v) is 7.88. The largest absolute Gasteiger partial charge is 0.397 e. The van der Waals surface area contributed by atoms with Crippen molar-refractivity contribution in [2.75, 3.05) is 17.6 Å². The summed E-state index contributed by atoms with van der Waals surface area (Å²) >= 11 is 12.0. The number of hydrogen-bond donors (Lipinski definition) is 2. The number of hydrogen-bond acceptors (Lipinski definition) is 3. The summed E-state index contributed by atoms with van der Waals surface area (Å²) in [5.74, 6) is -0.131. The molecule has 0 saturated heterocycles. The van der Waals surface area contributed by atoms with Gasteiger partial charge in [0.05, 0.1) is 22.4 Å². The van der Waals surface area contributed by atoms with E-state index in [1.165, 1.54) is 0 Å². The fourth-order valence-corrected chi connectivity index (χ4v) is 2.86. The van der Waals surface area contributed by atoms with Crippen LogP contribution in [0.25, 0.3) is 0 Å². The van der Waals surface area contributed by atoms with Crippen molar-refractivity contribution in [1.29, 1.82) is 0 Å². The van der Waals surface area contributed by atoms with Crippen molar-refractivity contribution in [3.05, 3.63) is 22.2 Å². The lowest BCUT2D eigenvalue weighted by molar-refractivity contribution is -0.121. The Morgan fingerprint density at radius 2 is 1.95 bits per heavy atom. The van der Waals surface area contributed by atoms with E-state index in [1.54, 1.807) is 12.1 Å². The minimum atomic E-state index is -0.268. The van der Waals surface area contributed by atoms with E-state index in [9.17, 15) is 4.79 Å². The molecule has 0 fully saturated rings. The fourth-order valence-electron chi connectivity index (χ4n) is 2.31. The highest BCUT2D eigenvalue weighted by Crippen LogP contribution is 2.32. The molecule has 2 atom stereocenters. The second-order valence-electron chi connectivity index (χ2n) is 5.10. The van der Waals surface area contributed by atoms with E-state index < -0.39 is 0 Å². The van der Waals surface area contributed by atoms with E-state index in [4.69, 9.17) is 28.9 Å². The van der Waals surface area contributed by atoms with Crippen molar-refractivity contribution in [1.82, 2.24) is 4.90 Å². The van der Waals surface area contributed by atoms with Crippen LogP contribution in [0.2, 0.25) is 10.0 Å². The van der Waals surface area contributed by atoms with Gasteiger partial charge in [-0.15, -0.1) is 0 Å². The maximum Gasteiger partial charge on any atom is 0.241 e. The Hall–Kier alpha value is -0.970. The first kappa shape index (κ1) is 18.1. The third-order valence-electron chi connectivity index (χ3n) is 3.73. The first-order valence-electron chi connectivity index (χ1n) is 7.12. The highest BCUT2D eigenvalue weighted by molar-refractivity contribution is 6.37. The molecular weight excluding hydrogens is 309 g/mol. The topological polar surface area (TPSA) is 58.4 Å². The maximum absolute atomic E-state index is 12.4. The molecule has 21 heavy (non-hydrogen) atoms. The number of anilines is 2. The average molecular weight is 332 g/mol. The summed E-state index contributed by atoms with van der Waals surface area (Å²) in [7, 11) is 0. The zero-order valence-corrected chi connectivity index (χ0v) is 14.4. The number of nitrogens with zero attached hydrogens (tertiary/aromatic N) is 1. The molecule has 0 heterocycles. The number of likely N-dealkylation sites (N-methyl/N-ethyl adjacent to an activating group) is 1. The van der Waals surface area contributed by atoms with Crippen LogP contribution in [0.1, 0.15) is 34.1 Å². The highest BCUT2D eigenvalue weighted by atomic mass is 35.5. The molecule has 3 N–H and O–H groups in total. The van der Waals surface area contributed by atoms with Gasteiger partial charge in [0.2, 0.25) is 5.91 Å². The molecule has 0 aliphatic heterocycles. The van der Waals surface area contributed by atoms with Crippen molar-refractivity contribution in [2.45, 2.75) is 46.2 Å². The molecule has 0 aliphatic rings. The zero-order chi connectivity index (χ0) is 16.2. The van der Waals surface area contributed by atoms with E-state index in [0.29, 0.717) is 27.5 Å². The molecule has 4 nitrogen and oxygen atoms in total. The van der Waals surface area contributed by atoms with Gasteiger partial charge >= 0.3 is 0 Å². The molecule has 6 heteroatoms. The van der Waals surface area contributed by atoms with Gasteiger partial charge < -0.3 is 11.1 Å². The molecule has 0 radical (unpaired) electrons. The van der Waals surface area contributed by atoms with Gasteiger partial charge in [-0.1, -0.05) is 37.0 Å². The van der Waals surface area contributed by atoms with Gasteiger partial charge in [-0.2, -0.15) is 0 Å². The molecule has 2 unspecified atom stereocenters. The van der Waals surface area contributed by atoms with Crippen molar-refractivity contribution in [3.8, 4) is 0 Å². The molecule has 1 rings (SSSR count). The van der Waals surface area contributed by atoms with Crippen LogP contribution in [-0.2, 0) is 4.79 Å². The molecule has 1 aromatic rings. The number of benzene rings is 1. The van der Waals surface area contributed by atoms with Crippen LogP contribution < -0.4 is 11.1 Å². The van der Waals surface area contributed by atoms with Crippen molar-refractivity contribution < 1.29 is 4.79 Å². The van der Waals surface area contributed by atoms with Crippen LogP contribution in [0.15, 0.2) is 12.1 Å². The number of carbonyl (C=O) groups excluding carboxylic acids is 1. The third-order valence-corrected chi connectivity index (χ3v) is 4.25. The summed E-state index contributed by atoms with van der Waals surface area (Å²) in [5, 5.41) is 3.59. The van der Waals surface area contributed by atoms with Gasteiger partial charge in [-0.25, -0.2) is 0 Å². The minimum Gasteiger partial charge on any atom is -0.397 e. The summed E-state index contributed by atoms with van der Waals surface area (Å²) in [6.07, 6.45) is 0.981. The molecule has 0 aliphatic carbocycles. The van der Waals surface area contributed by atoms with Crippen LogP contribution in [0, 0.1) is 0 Å². The smallest absolute Gasteiger partial charge is 0.241 e. The third kappa shape index (κ3) is 4.50. The monoisotopic (exact) mass is 331 g/mol. The standard InChI is InChI=1S/C15H23Cl2N3O/c1-5-9(3)20(6-2)10(4)15(21)19-14-12(17)7-11(16)8-13(14)18/h7-10H,5-6,18H2,1-4H3,(H,19,21). The lowest BCUT2D eigenvalue weighted by atomic mass is 10.1. The Morgan fingerprint density at radius 3 is 2.43 bits per heavy atom. The molecule has 0 saturated carbocycles. The van der Waals surface area contributed by atoms with E-state index in [1.807, 2.05) is 13.8 Å². The number of halogens is 2. The minimum absolute atomic E-state index is 0.131. The molecule has 0 spiro atoms. The van der Waals surface area contributed by atoms with Crippen molar-refractivity contribution in [3.63, 3.8) is 0 Å². The van der Waals surface area contributed by atoms with Crippen molar-refractivity contribution in [2.24, 2.45) is 0 Å². The van der Waals surface area contributed by atoms with E-state index in [-0.39, 0.29) is 11.9 Å². The molecule has 0 bridgehead atoms. The Balaban J connectivity index is 2.90. The lowest BCUT2D eigenvalue weighted by Crippen LogP contribution is -2.46. The number of rotatable bonds is 6. The van der Waals surface area contributed by atoms with Gasteiger partial charge in [0.1, 0.15) is 0 Å². The van der Waals surface area contributed by atoms with Gasteiger partial charge in [0, 0.05) is 11.1 Å². The van der Waals surface area contributed by atoms with E-state index >= 15 is 0 Å². The fraction of sp³-hybridized carbons (Fsp3) is 0.533. The summed E-state index contributed by atoms with van der Waals surface area (Å²) in [4.78, 5) is 14.6. The quantitative estimate of drug-likeness (QED) is 0.774. The number of nitrogens with two attached hydrogens (primary N) is 1. The van der Waals surface area contributed by atoms with Crippen LogP contribution >= 0.6 is 23.2 Å². The van der Waals surface area contributed by atoms with Crippen LogP contribution in [-0.4, -0.2) is 29.4 Å². The number of carbonyl (C=O) groups is 1. The first-order chi connectivity index (χ1) is 9.81. The molecule has 1 aromatic carbocycles. The van der Waals surface area contributed by atoms with Gasteiger partial charge in [0.25, 0.3) is 0 Å². The van der Waals surface area contributed by atoms with Crippen LogP contribution in [0.3, 0.4) is 0 Å². The molecule has 1 amide bonds. The number of nitrogen functional groups attached to an aromatic ring is 1. The Kier molecular flexibility index (Phi) is 6.78. The van der Waals surface area contributed by atoms with Crippen LogP contribution in [0.5, 0.6) is 0 Å². The van der Waals surface area contributed by atoms with Crippen molar-refractivity contribution >= 4 is 40.5 Å². The lowest BCUT2D eigenvalue weighted by Gasteiger charge is -2.32. The highest BCUT2D eigenvalue weighted by Gasteiger charge is 2.24. The van der Waals surface area contributed by atoms with Gasteiger partial charge in [-0.3, -0.25) is 9.69 Å². The van der Waals surface area contributed by atoms with Crippen LogP contribution in [0.4, 0.5) is 11.4 Å². The number of amides is 1. The molecular formula is C15H23Cl2N3O. The Labute approximate surface area is 136 Å². The SMILES string of the molecule is CCC(C)N(CC)C(C)C(=O)Nc1c(N)cc(Cl)cc1Cl. The van der Waals surface area contributed by atoms with E-state index in [2.05, 4.69) is 24.1 Å². The molecule has 0 aromatic heterocycles. The maximum atomic E-state index is 12.4. The predicted octanol–water partition coefficient (Wildman–Crippen LogP) is 4.02. The second kappa shape index (κ2) is 7.87.